The maximum Gasteiger partial charge on any atom is 0.339 e. The molecule has 0 N–H and O–H groups in total. The van der Waals surface area contributed by atoms with Crippen molar-refractivity contribution < 1.29 is 19.0 Å². The lowest BCUT2D eigenvalue weighted by atomic mass is 10.1. The molecule has 0 aliphatic carbocycles. The van der Waals surface area contributed by atoms with E-state index >= 15 is 0 Å². The molecule has 0 radical (unpaired) electrons. The number of hydrogen-bond acceptors (Lipinski definition) is 4. The maximum atomic E-state index is 11.9. The first-order chi connectivity index (χ1) is 9.61. The fourth-order valence-electron chi connectivity index (χ4n) is 2.06. The van der Waals surface area contributed by atoms with E-state index in [2.05, 4.69) is 0 Å². The molecule has 1 aromatic carbocycles. The Morgan fingerprint density at radius 1 is 1.30 bits per heavy atom. The summed E-state index contributed by atoms with van der Waals surface area (Å²) in [6.07, 6.45) is 0.698. The smallest absolute Gasteiger partial charge is 0.339 e. The van der Waals surface area contributed by atoms with Crippen LogP contribution in [0.1, 0.15) is 24.5 Å². The fraction of sp³-hybridized carbons (Fsp3) is 0.500. The van der Waals surface area contributed by atoms with E-state index in [-0.39, 0.29) is 6.10 Å². The molecule has 1 saturated heterocycles. The second kappa shape index (κ2) is 7.27. The Hall–Kier alpha value is -0.810. The molecule has 0 amide bonds. The summed E-state index contributed by atoms with van der Waals surface area (Å²) in [4.78, 5) is 11.9. The molecule has 1 atom stereocenters. The van der Waals surface area contributed by atoms with E-state index in [0.29, 0.717) is 28.8 Å². The Bertz CT molecular complexity index is 472. The molecule has 1 aliphatic heterocycles. The number of carbonyl (C=O) groups is 1. The zero-order chi connectivity index (χ0) is 14.5. The molecule has 0 spiro atoms. The van der Waals surface area contributed by atoms with Crippen molar-refractivity contribution in [1.29, 1.82) is 0 Å². The maximum absolute atomic E-state index is 11.9. The number of methoxy groups -OCH3 is 1. The Labute approximate surface area is 127 Å². The van der Waals surface area contributed by atoms with Gasteiger partial charge in [-0.15, -0.1) is 0 Å². The minimum absolute atomic E-state index is 0.0256. The zero-order valence-electron chi connectivity index (χ0n) is 11.1. The van der Waals surface area contributed by atoms with Gasteiger partial charge in [0.2, 0.25) is 0 Å². The Balaban J connectivity index is 2.17. The highest BCUT2D eigenvalue weighted by atomic mass is 35.5. The van der Waals surface area contributed by atoms with Crippen LogP contribution >= 0.6 is 23.2 Å². The zero-order valence-corrected chi connectivity index (χ0v) is 12.6. The summed E-state index contributed by atoms with van der Waals surface area (Å²) in [7, 11) is 1.33. The van der Waals surface area contributed by atoms with Crippen LogP contribution in [0, 0.1) is 0 Å². The molecule has 6 heteroatoms. The third kappa shape index (κ3) is 3.85. The van der Waals surface area contributed by atoms with Crippen LogP contribution < -0.4 is 0 Å². The van der Waals surface area contributed by atoms with E-state index in [9.17, 15) is 4.79 Å². The van der Waals surface area contributed by atoms with Crippen molar-refractivity contribution in [3.05, 3.63) is 33.8 Å². The first kappa shape index (κ1) is 15.6. The van der Waals surface area contributed by atoms with Crippen molar-refractivity contribution in [2.45, 2.75) is 25.0 Å². The van der Waals surface area contributed by atoms with E-state index in [1.54, 1.807) is 18.2 Å². The number of rotatable bonds is 4. The highest BCUT2D eigenvalue weighted by Crippen LogP contribution is 2.29. The Morgan fingerprint density at radius 3 is 2.60 bits per heavy atom. The average molecular weight is 319 g/mol. The lowest BCUT2D eigenvalue weighted by molar-refractivity contribution is -0.162. The third-order valence-corrected chi connectivity index (χ3v) is 3.90. The molecule has 1 unspecified atom stereocenters. The number of esters is 1. The predicted octanol–water partition coefficient (Wildman–Crippen LogP) is 3.40. The molecule has 2 rings (SSSR count). The first-order valence-electron chi connectivity index (χ1n) is 6.38. The van der Waals surface area contributed by atoms with Gasteiger partial charge in [-0.2, -0.15) is 0 Å². The molecular formula is C14H16Cl2O4. The van der Waals surface area contributed by atoms with Crippen molar-refractivity contribution in [2.24, 2.45) is 0 Å². The van der Waals surface area contributed by atoms with Crippen molar-refractivity contribution in [2.75, 3.05) is 20.3 Å². The van der Waals surface area contributed by atoms with E-state index in [4.69, 9.17) is 37.4 Å². The lowest BCUT2D eigenvalue weighted by Gasteiger charge is -2.26. The van der Waals surface area contributed by atoms with Gasteiger partial charge in [0, 0.05) is 13.2 Å². The van der Waals surface area contributed by atoms with E-state index in [1.165, 1.54) is 7.11 Å². The van der Waals surface area contributed by atoms with Gasteiger partial charge in [-0.1, -0.05) is 29.3 Å². The van der Waals surface area contributed by atoms with Crippen LogP contribution in [0.4, 0.5) is 0 Å². The fourth-order valence-corrected chi connectivity index (χ4v) is 2.36. The third-order valence-electron chi connectivity index (χ3n) is 3.16. The molecule has 20 heavy (non-hydrogen) atoms. The molecular weight excluding hydrogens is 303 g/mol. The Kier molecular flexibility index (Phi) is 5.66. The highest BCUT2D eigenvalue weighted by Gasteiger charge is 2.27. The normalized spacial score (nSPS) is 17.8. The monoisotopic (exact) mass is 318 g/mol. The van der Waals surface area contributed by atoms with Crippen molar-refractivity contribution in [1.82, 2.24) is 0 Å². The molecule has 110 valence electrons. The van der Waals surface area contributed by atoms with Crippen LogP contribution in [0.3, 0.4) is 0 Å². The molecule has 0 aromatic heterocycles. The van der Waals surface area contributed by atoms with Crippen LogP contribution in [0.5, 0.6) is 0 Å². The van der Waals surface area contributed by atoms with Gasteiger partial charge in [0.15, 0.2) is 6.10 Å². The summed E-state index contributed by atoms with van der Waals surface area (Å²) in [5.74, 6) is -0.449. The number of benzene rings is 1. The van der Waals surface area contributed by atoms with Crippen molar-refractivity contribution >= 4 is 29.2 Å². The van der Waals surface area contributed by atoms with Crippen molar-refractivity contribution in [3.63, 3.8) is 0 Å². The average Bonchev–Trinajstić information content (AvgIpc) is 2.48. The van der Waals surface area contributed by atoms with E-state index < -0.39 is 12.1 Å². The number of halogens is 2. The molecule has 1 heterocycles. The first-order valence-corrected chi connectivity index (χ1v) is 7.13. The molecule has 1 aliphatic rings. The van der Waals surface area contributed by atoms with Gasteiger partial charge in [0.05, 0.1) is 23.3 Å². The minimum Gasteiger partial charge on any atom is -0.467 e. The van der Waals surface area contributed by atoms with Gasteiger partial charge in [0.25, 0.3) is 0 Å². The van der Waals surface area contributed by atoms with Gasteiger partial charge in [-0.3, -0.25) is 0 Å². The predicted molar refractivity (Wildman–Crippen MR) is 76.1 cm³/mol. The van der Waals surface area contributed by atoms with Gasteiger partial charge in [-0.25, -0.2) is 4.79 Å². The van der Waals surface area contributed by atoms with Crippen LogP contribution in [-0.2, 0) is 19.0 Å². The summed E-state index contributed by atoms with van der Waals surface area (Å²) >= 11 is 11.9. The molecule has 1 fully saturated rings. The van der Waals surface area contributed by atoms with Crippen LogP contribution in [0.25, 0.3) is 0 Å². The molecule has 1 aromatic rings. The summed E-state index contributed by atoms with van der Waals surface area (Å²) < 4.78 is 15.9. The molecule has 0 bridgehead atoms. The topological polar surface area (TPSA) is 44.8 Å². The molecule has 0 saturated carbocycles. The number of carbonyl (C=O) groups excluding carboxylic acids is 1. The van der Waals surface area contributed by atoms with Gasteiger partial charge < -0.3 is 14.2 Å². The largest absolute Gasteiger partial charge is 0.467 e. The Morgan fingerprint density at radius 2 is 2.00 bits per heavy atom. The standard InChI is InChI=1S/C14H16Cl2O4/c1-18-14(17)13(20-10-4-6-19-7-5-10)9-2-3-11(15)12(16)8-9/h2-3,8,10,13H,4-7H2,1H3. The van der Waals surface area contributed by atoms with Gasteiger partial charge in [0.1, 0.15) is 0 Å². The van der Waals surface area contributed by atoms with Crippen LogP contribution in [0.15, 0.2) is 18.2 Å². The SMILES string of the molecule is COC(=O)C(OC1CCOCC1)c1ccc(Cl)c(Cl)c1. The summed E-state index contributed by atoms with van der Waals surface area (Å²) in [5, 5.41) is 0.818. The molecule has 4 nitrogen and oxygen atoms in total. The van der Waals surface area contributed by atoms with Crippen LogP contribution in [-0.4, -0.2) is 32.4 Å². The highest BCUT2D eigenvalue weighted by molar-refractivity contribution is 6.42. The summed E-state index contributed by atoms with van der Waals surface area (Å²) in [6.45, 7) is 1.28. The number of ether oxygens (including phenoxy) is 3. The second-order valence-electron chi connectivity index (χ2n) is 4.52. The van der Waals surface area contributed by atoms with E-state index in [1.807, 2.05) is 0 Å². The quantitative estimate of drug-likeness (QED) is 0.798. The van der Waals surface area contributed by atoms with Gasteiger partial charge in [-0.05, 0) is 30.5 Å². The lowest BCUT2D eigenvalue weighted by Crippen LogP contribution is -2.28. The number of hydrogen-bond donors (Lipinski definition) is 0. The summed E-state index contributed by atoms with van der Waals surface area (Å²) in [5.41, 5.74) is 0.637. The van der Waals surface area contributed by atoms with Crippen LogP contribution in [0.2, 0.25) is 10.0 Å². The van der Waals surface area contributed by atoms with Gasteiger partial charge >= 0.3 is 5.97 Å². The second-order valence-corrected chi connectivity index (χ2v) is 5.34. The summed E-state index contributed by atoms with van der Waals surface area (Å²) in [6, 6.07) is 4.99. The van der Waals surface area contributed by atoms with E-state index in [0.717, 1.165) is 12.8 Å². The minimum atomic E-state index is -0.794. The van der Waals surface area contributed by atoms with Crippen molar-refractivity contribution in [3.8, 4) is 0 Å².